The topological polar surface area (TPSA) is 78.8 Å². The number of amides is 2. The van der Waals surface area contributed by atoms with Crippen LogP contribution in [0, 0.1) is 4.91 Å². The van der Waals surface area contributed by atoms with E-state index in [4.69, 9.17) is 0 Å². The van der Waals surface area contributed by atoms with E-state index in [-0.39, 0.29) is 11.5 Å². The Bertz CT molecular complexity index is 1110. The zero-order valence-corrected chi connectivity index (χ0v) is 14.8. The number of nitrogens with one attached hydrogen (secondary N) is 1. The molecule has 3 aromatic rings. The van der Waals surface area contributed by atoms with Crippen molar-refractivity contribution in [2.45, 2.75) is 0 Å². The van der Waals surface area contributed by atoms with Crippen LogP contribution in [-0.4, -0.2) is 11.8 Å². The van der Waals surface area contributed by atoms with Crippen LogP contribution in [0.3, 0.4) is 0 Å². The van der Waals surface area contributed by atoms with E-state index < -0.39 is 5.91 Å². The molecule has 0 aromatic heterocycles. The summed E-state index contributed by atoms with van der Waals surface area (Å²) in [6, 6.07) is 21.6. The van der Waals surface area contributed by atoms with Gasteiger partial charge in [0.15, 0.2) is 0 Å². The number of fused-ring (bicyclic) bond motifs is 1. The SMILES string of the molecule is C=C1c2cc(C(=O)N=O)ccc2C(=O)N1c1ccc(Nc2ccccc2)cc1. The second-order valence-corrected chi connectivity index (χ2v) is 6.28. The van der Waals surface area contributed by atoms with Crippen LogP contribution >= 0.6 is 0 Å². The van der Waals surface area contributed by atoms with Gasteiger partial charge in [-0.25, -0.2) is 0 Å². The summed E-state index contributed by atoms with van der Waals surface area (Å²) in [6.07, 6.45) is 0. The Morgan fingerprint density at radius 2 is 1.57 bits per heavy atom. The Morgan fingerprint density at radius 1 is 0.893 bits per heavy atom. The van der Waals surface area contributed by atoms with Gasteiger partial charge in [0.2, 0.25) is 0 Å². The zero-order valence-electron chi connectivity index (χ0n) is 14.8. The summed E-state index contributed by atoms with van der Waals surface area (Å²) >= 11 is 0. The Morgan fingerprint density at radius 3 is 2.25 bits per heavy atom. The summed E-state index contributed by atoms with van der Waals surface area (Å²) in [5, 5.41) is 5.71. The third-order valence-corrected chi connectivity index (χ3v) is 4.55. The van der Waals surface area contributed by atoms with Gasteiger partial charge < -0.3 is 5.32 Å². The third kappa shape index (κ3) is 2.97. The Hall–Kier alpha value is -4.06. The Kier molecular flexibility index (Phi) is 4.29. The molecule has 1 heterocycles. The molecule has 28 heavy (non-hydrogen) atoms. The molecule has 3 aromatic carbocycles. The molecule has 6 nitrogen and oxygen atoms in total. The summed E-state index contributed by atoms with van der Waals surface area (Å²) < 4.78 is 0. The van der Waals surface area contributed by atoms with E-state index >= 15 is 0 Å². The van der Waals surface area contributed by atoms with Crippen LogP contribution < -0.4 is 10.2 Å². The largest absolute Gasteiger partial charge is 0.356 e. The molecule has 0 fully saturated rings. The van der Waals surface area contributed by atoms with Crippen molar-refractivity contribution in [1.82, 2.24) is 0 Å². The van der Waals surface area contributed by atoms with Crippen molar-refractivity contribution >= 4 is 34.6 Å². The van der Waals surface area contributed by atoms with Crippen LogP contribution in [-0.2, 0) is 0 Å². The smallest absolute Gasteiger partial charge is 0.316 e. The van der Waals surface area contributed by atoms with Gasteiger partial charge in [-0.3, -0.25) is 14.5 Å². The fourth-order valence-electron chi connectivity index (χ4n) is 3.17. The first-order valence-corrected chi connectivity index (χ1v) is 8.56. The monoisotopic (exact) mass is 369 g/mol. The molecule has 0 saturated carbocycles. The lowest BCUT2D eigenvalue weighted by atomic mass is 10.0. The van der Waals surface area contributed by atoms with Gasteiger partial charge in [-0.2, -0.15) is 0 Å². The van der Waals surface area contributed by atoms with Gasteiger partial charge in [0.25, 0.3) is 5.91 Å². The number of carbonyl (C=O) groups is 2. The number of hydrogen-bond acceptors (Lipinski definition) is 4. The normalized spacial score (nSPS) is 12.6. The molecule has 0 aliphatic carbocycles. The second-order valence-electron chi connectivity index (χ2n) is 6.28. The van der Waals surface area contributed by atoms with E-state index in [1.165, 1.54) is 23.1 Å². The zero-order chi connectivity index (χ0) is 19.7. The first-order chi connectivity index (χ1) is 13.6. The maximum absolute atomic E-state index is 12.8. The molecule has 0 bridgehead atoms. The molecule has 0 unspecified atom stereocenters. The average Bonchev–Trinajstić information content (AvgIpc) is 2.99. The summed E-state index contributed by atoms with van der Waals surface area (Å²) in [7, 11) is 0. The minimum Gasteiger partial charge on any atom is -0.356 e. The van der Waals surface area contributed by atoms with Gasteiger partial charge in [0.05, 0.1) is 5.70 Å². The van der Waals surface area contributed by atoms with Crippen molar-refractivity contribution in [2.24, 2.45) is 5.18 Å². The van der Waals surface area contributed by atoms with Crippen LogP contribution in [0.15, 0.2) is 84.6 Å². The van der Waals surface area contributed by atoms with Gasteiger partial charge >= 0.3 is 5.91 Å². The summed E-state index contributed by atoms with van der Waals surface area (Å²) in [5.41, 5.74) is 4.03. The standard InChI is InChI=1S/C22H15N3O3/c1-14-20-13-15(21(26)24-28)7-12-19(20)22(27)25(14)18-10-8-17(9-11-18)23-16-5-3-2-4-6-16/h2-13,23H,1H2. The van der Waals surface area contributed by atoms with Crippen molar-refractivity contribution in [3.05, 3.63) is 101 Å². The molecule has 1 N–H and O–H groups in total. The fourth-order valence-corrected chi connectivity index (χ4v) is 3.17. The minimum absolute atomic E-state index is 0.131. The molecular weight excluding hydrogens is 354 g/mol. The molecule has 6 heteroatoms. The van der Waals surface area contributed by atoms with Crippen LogP contribution in [0.4, 0.5) is 17.1 Å². The van der Waals surface area contributed by atoms with Crippen molar-refractivity contribution < 1.29 is 9.59 Å². The lowest BCUT2D eigenvalue weighted by Crippen LogP contribution is -2.21. The number of carbonyl (C=O) groups excluding carboxylic acids is 2. The molecule has 0 atom stereocenters. The summed E-state index contributed by atoms with van der Waals surface area (Å²) in [5.74, 6) is -1.11. The maximum Gasteiger partial charge on any atom is 0.316 e. The van der Waals surface area contributed by atoms with Crippen LogP contribution in [0.1, 0.15) is 26.3 Å². The molecule has 0 radical (unpaired) electrons. The van der Waals surface area contributed by atoms with Gasteiger partial charge in [0, 0.05) is 38.9 Å². The molecule has 0 spiro atoms. The molecule has 1 aliphatic rings. The first-order valence-electron chi connectivity index (χ1n) is 8.56. The molecule has 0 saturated heterocycles. The predicted molar refractivity (Wildman–Crippen MR) is 109 cm³/mol. The molecule has 2 amide bonds. The Balaban J connectivity index is 1.61. The van der Waals surface area contributed by atoms with Gasteiger partial charge in [0.1, 0.15) is 0 Å². The van der Waals surface area contributed by atoms with Crippen molar-refractivity contribution in [2.75, 3.05) is 10.2 Å². The van der Waals surface area contributed by atoms with Crippen molar-refractivity contribution in [3.63, 3.8) is 0 Å². The summed E-state index contributed by atoms with van der Waals surface area (Å²) in [4.78, 5) is 36.3. The van der Waals surface area contributed by atoms with Gasteiger partial charge in [-0.05, 0) is 54.6 Å². The first kappa shape index (κ1) is 17.4. The molecular formula is C22H15N3O3. The Labute approximate surface area is 161 Å². The third-order valence-electron chi connectivity index (χ3n) is 4.55. The fraction of sp³-hybridized carbons (Fsp3) is 0. The van der Waals surface area contributed by atoms with E-state index in [9.17, 15) is 14.5 Å². The minimum atomic E-state index is -0.877. The lowest BCUT2D eigenvalue weighted by molar-refractivity contribution is 0.0992. The highest BCUT2D eigenvalue weighted by Gasteiger charge is 2.32. The number of anilines is 3. The van der Waals surface area contributed by atoms with E-state index in [0.717, 1.165) is 11.4 Å². The van der Waals surface area contributed by atoms with Crippen LogP contribution in [0.25, 0.3) is 5.70 Å². The molecule has 1 aliphatic heterocycles. The number of para-hydroxylation sites is 1. The van der Waals surface area contributed by atoms with Crippen molar-refractivity contribution in [3.8, 4) is 0 Å². The highest BCUT2D eigenvalue weighted by Crippen LogP contribution is 2.36. The number of hydrogen-bond donors (Lipinski definition) is 1. The number of benzene rings is 3. The highest BCUT2D eigenvalue weighted by atomic mass is 16.3. The second kappa shape index (κ2) is 6.92. The highest BCUT2D eigenvalue weighted by molar-refractivity contribution is 6.22. The molecule has 136 valence electrons. The van der Waals surface area contributed by atoms with E-state index in [2.05, 4.69) is 17.1 Å². The number of nitroso groups, excluding NO2 is 1. The summed E-state index contributed by atoms with van der Waals surface area (Å²) in [6.45, 7) is 3.99. The quantitative estimate of drug-likeness (QED) is 0.659. The van der Waals surface area contributed by atoms with Crippen LogP contribution in [0.5, 0.6) is 0 Å². The number of rotatable bonds is 4. The van der Waals surface area contributed by atoms with E-state index in [1.54, 1.807) is 0 Å². The van der Waals surface area contributed by atoms with Crippen LogP contribution in [0.2, 0.25) is 0 Å². The average molecular weight is 369 g/mol. The van der Waals surface area contributed by atoms with E-state index in [1.807, 2.05) is 54.6 Å². The van der Waals surface area contributed by atoms with Gasteiger partial charge in [-0.1, -0.05) is 24.8 Å². The van der Waals surface area contributed by atoms with Gasteiger partial charge in [-0.15, -0.1) is 4.91 Å². The van der Waals surface area contributed by atoms with Crippen molar-refractivity contribution in [1.29, 1.82) is 0 Å². The maximum atomic E-state index is 12.8. The number of nitrogens with zero attached hydrogens (tertiary/aromatic N) is 2. The lowest BCUT2D eigenvalue weighted by Gasteiger charge is -2.18. The molecule has 4 rings (SSSR count). The predicted octanol–water partition coefficient (Wildman–Crippen LogP) is 4.97. The van der Waals surface area contributed by atoms with E-state index in [0.29, 0.717) is 22.5 Å².